The highest BCUT2D eigenvalue weighted by atomic mass is 19.3. The van der Waals surface area contributed by atoms with Gasteiger partial charge in [-0.05, 0) is 12.1 Å². The summed E-state index contributed by atoms with van der Waals surface area (Å²) in [4.78, 5) is 14.1. The van der Waals surface area contributed by atoms with Crippen molar-refractivity contribution in [2.24, 2.45) is 0 Å². The maximum Gasteiger partial charge on any atom is 0.387 e. The zero-order chi connectivity index (χ0) is 10.8. The Bertz CT molecular complexity index is 495. The first-order valence-electron chi connectivity index (χ1n) is 4.00. The third-order valence-corrected chi connectivity index (χ3v) is 1.72. The first-order chi connectivity index (χ1) is 7.20. The summed E-state index contributed by atoms with van der Waals surface area (Å²) in [6, 6.07) is 4.30. The average Bonchev–Trinajstić information content (AvgIpc) is 2.61. The first kappa shape index (κ1) is 9.57. The standard InChI is InChI=1S/C9H5F2NO3/c10-9(11)15-6-3-1-2-5-8(6)12-7(4-13)14-5/h1-4,9H. The molecule has 0 saturated heterocycles. The van der Waals surface area contributed by atoms with Crippen molar-refractivity contribution in [3.05, 3.63) is 24.1 Å². The molecule has 0 radical (unpaired) electrons. The summed E-state index contributed by atoms with van der Waals surface area (Å²) in [5.41, 5.74) is 0.343. The lowest BCUT2D eigenvalue weighted by molar-refractivity contribution is -0.0489. The zero-order valence-corrected chi connectivity index (χ0v) is 7.31. The predicted octanol–water partition coefficient (Wildman–Crippen LogP) is 2.24. The van der Waals surface area contributed by atoms with Crippen LogP contribution < -0.4 is 4.74 Å². The number of rotatable bonds is 3. The maximum atomic E-state index is 12.0. The van der Waals surface area contributed by atoms with Crippen molar-refractivity contribution < 1.29 is 22.7 Å². The monoisotopic (exact) mass is 213 g/mol. The van der Waals surface area contributed by atoms with Gasteiger partial charge in [0.15, 0.2) is 16.8 Å². The van der Waals surface area contributed by atoms with E-state index in [1.54, 1.807) is 0 Å². The molecular weight excluding hydrogens is 208 g/mol. The van der Waals surface area contributed by atoms with Crippen LogP contribution in [0.2, 0.25) is 0 Å². The van der Waals surface area contributed by atoms with Crippen LogP contribution in [0.25, 0.3) is 11.1 Å². The van der Waals surface area contributed by atoms with Crippen molar-refractivity contribution in [3.63, 3.8) is 0 Å². The third kappa shape index (κ3) is 1.78. The summed E-state index contributed by atoms with van der Waals surface area (Å²) < 4.78 is 33.1. The summed E-state index contributed by atoms with van der Waals surface area (Å²) in [6.45, 7) is -2.94. The number of fused-ring (bicyclic) bond motifs is 1. The van der Waals surface area contributed by atoms with Crippen LogP contribution >= 0.6 is 0 Å². The van der Waals surface area contributed by atoms with Crippen LogP contribution in [0.1, 0.15) is 10.7 Å². The molecule has 78 valence electrons. The topological polar surface area (TPSA) is 52.3 Å². The number of oxazole rings is 1. The van der Waals surface area contributed by atoms with Crippen LogP contribution in [0, 0.1) is 0 Å². The molecule has 2 rings (SSSR count). The van der Waals surface area contributed by atoms with Gasteiger partial charge in [-0.1, -0.05) is 6.07 Å². The Morgan fingerprint density at radius 3 is 2.93 bits per heavy atom. The lowest BCUT2D eigenvalue weighted by atomic mass is 10.3. The van der Waals surface area contributed by atoms with E-state index < -0.39 is 6.61 Å². The van der Waals surface area contributed by atoms with Gasteiger partial charge in [-0.25, -0.2) is 4.98 Å². The van der Waals surface area contributed by atoms with Crippen molar-refractivity contribution in [1.82, 2.24) is 4.98 Å². The number of hydrogen-bond donors (Lipinski definition) is 0. The first-order valence-corrected chi connectivity index (χ1v) is 4.00. The van der Waals surface area contributed by atoms with Crippen LogP contribution in [0.4, 0.5) is 8.78 Å². The Labute approximate surface area is 82.5 Å². The number of aldehydes is 1. The van der Waals surface area contributed by atoms with Gasteiger partial charge in [0, 0.05) is 0 Å². The van der Waals surface area contributed by atoms with Gasteiger partial charge in [0.05, 0.1) is 0 Å². The van der Waals surface area contributed by atoms with Crippen LogP contribution in [-0.2, 0) is 0 Å². The Balaban J connectivity index is 2.54. The molecule has 0 fully saturated rings. The van der Waals surface area contributed by atoms with E-state index in [2.05, 4.69) is 9.72 Å². The summed E-state index contributed by atoms with van der Waals surface area (Å²) in [5.74, 6) is -0.283. The fraction of sp³-hybridized carbons (Fsp3) is 0.111. The van der Waals surface area contributed by atoms with Gasteiger partial charge < -0.3 is 9.15 Å². The molecule has 0 aliphatic heterocycles. The minimum atomic E-state index is -2.94. The largest absolute Gasteiger partial charge is 0.434 e. The van der Waals surface area contributed by atoms with E-state index in [-0.39, 0.29) is 22.7 Å². The number of benzene rings is 1. The molecule has 0 spiro atoms. The molecule has 0 atom stereocenters. The van der Waals surface area contributed by atoms with Gasteiger partial charge in [0.1, 0.15) is 0 Å². The van der Waals surface area contributed by atoms with E-state index in [9.17, 15) is 13.6 Å². The van der Waals surface area contributed by atoms with Gasteiger partial charge in [0.2, 0.25) is 6.29 Å². The molecule has 1 heterocycles. The molecule has 2 aromatic rings. The van der Waals surface area contributed by atoms with Gasteiger partial charge >= 0.3 is 6.61 Å². The molecule has 0 amide bonds. The average molecular weight is 213 g/mol. The third-order valence-electron chi connectivity index (χ3n) is 1.72. The van der Waals surface area contributed by atoms with E-state index in [4.69, 9.17) is 4.42 Å². The van der Waals surface area contributed by atoms with Crippen LogP contribution in [0.5, 0.6) is 5.75 Å². The van der Waals surface area contributed by atoms with Crippen molar-refractivity contribution >= 4 is 17.4 Å². The Hall–Kier alpha value is -1.98. The quantitative estimate of drug-likeness (QED) is 0.733. The fourth-order valence-corrected chi connectivity index (χ4v) is 1.18. The van der Waals surface area contributed by atoms with Crippen molar-refractivity contribution in [2.45, 2.75) is 6.61 Å². The number of hydrogen-bond acceptors (Lipinski definition) is 4. The zero-order valence-electron chi connectivity index (χ0n) is 7.31. The normalized spacial score (nSPS) is 10.9. The molecule has 0 bridgehead atoms. The summed E-state index contributed by atoms with van der Waals surface area (Å²) in [5, 5.41) is 0. The molecule has 1 aromatic heterocycles. The number of ether oxygens (including phenoxy) is 1. The van der Waals surface area contributed by atoms with E-state index >= 15 is 0 Å². The number of halogens is 2. The van der Waals surface area contributed by atoms with Crippen LogP contribution in [0.15, 0.2) is 22.6 Å². The Morgan fingerprint density at radius 2 is 2.27 bits per heavy atom. The molecule has 0 unspecified atom stereocenters. The minimum Gasteiger partial charge on any atom is -0.434 e. The second kappa shape index (κ2) is 3.64. The number of aromatic nitrogens is 1. The molecule has 0 N–H and O–H groups in total. The van der Waals surface area contributed by atoms with E-state index in [0.29, 0.717) is 6.29 Å². The fourth-order valence-electron chi connectivity index (χ4n) is 1.18. The lowest BCUT2D eigenvalue weighted by Crippen LogP contribution is -2.02. The molecule has 0 saturated carbocycles. The second-order valence-corrected chi connectivity index (χ2v) is 2.65. The van der Waals surface area contributed by atoms with Gasteiger partial charge in [-0.15, -0.1) is 0 Å². The van der Waals surface area contributed by atoms with Crippen LogP contribution in [-0.4, -0.2) is 17.9 Å². The SMILES string of the molecule is O=Cc1nc2c(OC(F)F)cccc2o1. The molecule has 6 heteroatoms. The second-order valence-electron chi connectivity index (χ2n) is 2.65. The number of carbonyl (C=O) groups excluding carboxylic acids is 1. The van der Waals surface area contributed by atoms with E-state index in [0.717, 1.165) is 0 Å². The summed E-state index contributed by atoms with van der Waals surface area (Å²) in [6.07, 6.45) is 0.395. The van der Waals surface area contributed by atoms with Crippen molar-refractivity contribution in [1.29, 1.82) is 0 Å². The summed E-state index contributed by atoms with van der Waals surface area (Å²) in [7, 11) is 0. The smallest absolute Gasteiger partial charge is 0.387 e. The van der Waals surface area contributed by atoms with E-state index in [1.807, 2.05) is 0 Å². The van der Waals surface area contributed by atoms with Crippen molar-refractivity contribution in [3.8, 4) is 5.75 Å². The highest BCUT2D eigenvalue weighted by Gasteiger charge is 2.13. The molecular formula is C9H5F2NO3. The number of alkyl halides is 2. The minimum absolute atomic E-state index is 0.111. The van der Waals surface area contributed by atoms with E-state index in [1.165, 1.54) is 18.2 Å². The molecule has 15 heavy (non-hydrogen) atoms. The number of carbonyl (C=O) groups is 1. The maximum absolute atomic E-state index is 12.0. The van der Waals surface area contributed by atoms with Crippen LogP contribution in [0.3, 0.4) is 0 Å². The van der Waals surface area contributed by atoms with Gasteiger partial charge in [-0.3, -0.25) is 4.79 Å². The lowest BCUT2D eigenvalue weighted by Gasteiger charge is -2.02. The van der Waals surface area contributed by atoms with Crippen molar-refractivity contribution in [2.75, 3.05) is 0 Å². The number of para-hydroxylation sites is 1. The highest BCUT2D eigenvalue weighted by Crippen LogP contribution is 2.26. The Kier molecular flexibility index (Phi) is 2.32. The van der Waals surface area contributed by atoms with Gasteiger partial charge in [-0.2, -0.15) is 8.78 Å². The summed E-state index contributed by atoms with van der Waals surface area (Å²) >= 11 is 0. The predicted molar refractivity (Wildman–Crippen MR) is 46.0 cm³/mol. The Morgan fingerprint density at radius 1 is 1.47 bits per heavy atom. The highest BCUT2D eigenvalue weighted by molar-refractivity contribution is 5.83. The molecule has 0 aliphatic rings. The van der Waals surface area contributed by atoms with Gasteiger partial charge in [0.25, 0.3) is 5.89 Å². The number of nitrogens with zero attached hydrogens (tertiary/aromatic N) is 1. The molecule has 1 aromatic carbocycles. The molecule has 4 nitrogen and oxygen atoms in total. The molecule has 0 aliphatic carbocycles.